The van der Waals surface area contributed by atoms with Crippen LogP contribution in [0.25, 0.3) is 11.5 Å². The molecule has 0 saturated heterocycles. The fourth-order valence-corrected chi connectivity index (χ4v) is 1.59. The third-order valence-electron chi connectivity index (χ3n) is 1.76. The monoisotopic (exact) mass is 210 g/mol. The maximum atomic E-state index is 5.43. The Balaban J connectivity index is 2.29. The van der Waals surface area contributed by atoms with Crippen molar-refractivity contribution in [1.29, 1.82) is 0 Å². The highest BCUT2D eigenvalue weighted by Crippen LogP contribution is 2.25. The van der Waals surface area contributed by atoms with Gasteiger partial charge in [-0.2, -0.15) is 0 Å². The first kappa shape index (κ1) is 9.33. The number of rotatable bonds is 3. The van der Waals surface area contributed by atoms with Crippen LogP contribution in [0.4, 0.5) is 0 Å². The van der Waals surface area contributed by atoms with Gasteiger partial charge in [0.2, 0.25) is 0 Å². The third-order valence-corrected chi connectivity index (χ3v) is 2.46. The summed E-state index contributed by atoms with van der Waals surface area (Å²) >= 11 is 1.53. The lowest BCUT2D eigenvalue weighted by Gasteiger charge is -1.89. The molecule has 0 unspecified atom stereocenters. The summed E-state index contributed by atoms with van der Waals surface area (Å²) in [5.74, 6) is 2.24. The van der Waals surface area contributed by atoms with Gasteiger partial charge >= 0.3 is 0 Å². The molecule has 0 aliphatic rings. The highest BCUT2D eigenvalue weighted by molar-refractivity contribution is 7.99. The number of aryl methyl sites for hydroxylation is 1. The molecule has 14 heavy (non-hydrogen) atoms. The van der Waals surface area contributed by atoms with Crippen LogP contribution < -0.4 is 0 Å². The lowest BCUT2D eigenvalue weighted by Crippen LogP contribution is -1.76. The van der Waals surface area contributed by atoms with Gasteiger partial charge in [-0.05, 0) is 18.7 Å². The smallest absolute Gasteiger partial charge is 0.276 e. The molecule has 74 valence electrons. The highest BCUT2D eigenvalue weighted by Gasteiger charge is 2.12. The Morgan fingerprint density at radius 1 is 1.43 bits per heavy atom. The lowest BCUT2D eigenvalue weighted by molar-refractivity contribution is 0.463. The van der Waals surface area contributed by atoms with Gasteiger partial charge in [0.1, 0.15) is 5.76 Å². The molecule has 0 spiro atoms. The summed E-state index contributed by atoms with van der Waals surface area (Å²) in [6.07, 6.45) is 1.61. The van der Waals surface area contributed by atoms with Gasteiger partial charge in [-0.3, -0.25) is 0 Å². The Hall–Kier alpha value is -1.23. The number of hydrogen-bond donors (Lipinski definition) is 0. The van der Waals surface area contributed by atoms with Crippen LogP contribution in [0.5, 0.6) is 0 Å². The predicted octanol–water partition coefficient (Wildman–Crippen LogP) is 2.75. The van der Waals surface area contributed by atoms with Gasteiger partial charge in [0, 0.05) is 0 Å². The Kier molecular flexibility index (Phi) is 2.58. The van der Waals surface area contributed by atoms with E-state index in [0.717, 1.165) is 17.1 Å². The van der Waals surface area contributed by atoms with Crippen molar-refractivity contribution in [2.24, 2.45) is 0 Å². The van der Waals surface area contributed by atoms with Crippen LogP contribution in [-0.4, -0.2) is 16.0 Å². The first-order chi connectivity index (χ1) is 6.81. The zero-order valence-corrected chi connectivity index (χ0v) is 8.80. The van der Waals surface area contributed by atoms with E-state index in [4.69, 9.17) is 8.83 Å². The first-order valence-electron chi connectivity index (χ1n) is 4.32. The Bertz CT molecular complexity index is 422. The molecular formula is C9H10N2O2S. The van der Waals surface area contributed by atoms with Gasteiger partial charge in [-0.15, -0.1) is 10.2 Å². The van der Waals surface area contributed by atoms with Gasteiger partial charge < -0.3 is 8.83 Å². The van der Waals surface area contributed by atoms with Gasteiger partial charge in [-0.25, -0.2) is 0 Å². The molecule has 0 saturated carbocycles. The summed E-state index contributed by atoms with van der Waals surface area (Å²) in [5.41, 5.74) is 0.862. The van der Waals surface area contributed by atoms with Crippen molar-refractivity contribution in [2.45, 2.75) is 19.1 Å². The maximum Gasteiger partial charge on any atom is 0.276 e. The molecule has 0 atom stereocenters. The van der Waals surface area contributed by atoms with Gasteiger partial charge in [-0.1, -0.05) is 18.7 Å². The Morgan fingerprint density at radius 3 is 2.93 bits per heavy atom. The summed E-state index contributed by atoms with van der Waals surface area (Å²) in [7, 11) is 0. The van der Waals surface area contributed by atoms with Crippen molar-refractivity contribution in [3.8, 4) is 11.5 Å². The predicted molar refractivity (Wildman–Crippen MR) is 53.1 cm³/mol. The van der Waals surface area contributed by atoms with Crippen molar-refractivity contribution < 1.29 is 8.83 Å². The molecule has 2 heterocycles. The van der Waals surface area contributed by atoms with Crippen LogP contribution in [0.2, 0.25) is 0 Å². The van der Waals surface area contributed by atoms with Crippen LogP contribution in [0, 0.1) is 6.92 Å². The fourth-order valence-electron chi connectivity index (χ4n) is 1.11. The minimum atomic E-state index is 0.521. The largest absolute Gasteiger partial charge is 0.469 e. The van der Waals surface area contributed by atoms with Crippen molar-refractivity contribution in [3.05, 3.63) is 18.1 Å². The summed E-state index contributed by atoms with van der Waals surface area (Å²) in [5, 5.41) is 8.45. The molecule has 0 bridgehead atoms. The zero-order chi connectivity index (χ0) is 9.97. The molecule has 0 aliphatic heterocycles. The van der Waals surface area contributed by atoms with Crippen molar-refractivity contribution in [3.63, 3.8) is 0 Å². The molecule has 2 rings (SSSR count). The maximum absolute atomic E-state index is 5.43. The summed E-state index contributed by atoms with van der Waals surface area (Å²) < 4.78 is 10.6. The molecule has 0 aromatic carbocycles. The summed E-state index contributed by atoms with van der Waals surface area (Å²) in [4.78, 5) is 0. The Labute approximate surface area is 85.7 Å². The van der Waals surface area contributed by atoms with E-state index in [1.165, 1.54) is 11.8 Å². The van der Waals surface area contributed by atoms with Crippen LogP contribution in [0.3, 0.4) is 0 Å². The number of thioether (sulfide) groups is 1. The standard InChI is InChI=1S/C9H10N2O2S/c1-3-14-9-11-10-8(13-9)7-4-5-12-6(7)2/h4-5H,3H2,1-2H3. The molecule has 2 aromatic heterocycles. The van der Waals surface area contributed by atoms with Crippen LogP contribution in [0.1, 0.15) is 12.7 Å². The second-order valence-corrected chi connectivity index (χ2v) is 3.91. The van der Waals surface area contributed by atoms with Crippen LogP contribution in [-0.2, 0) is 0 Å². The van der Waals surface area contributed by atoms with E-state index in [2.05, 4.69) is 10.2 Å². The van der Waals surface area contributed by atoms with Crippen LogP contribution >= 0.6 is 11.8 Å². The summed E-state index contributed by atoms with van der Waals surface area (Å²) in [6, 6.07) is 1.82. The van der Waals surface area contributed by atoms with E-state index in [1.807, 2.05) is 19.9 Å². The highest BCUT2D eigenvalue weighted by atomic mass is 32.2. The van der Waals surface area contributed by atoms with E-state index < -0.39 is 0 Å². The fraction of sp³-hybridized carbons (Fsp3) is 0.333. The number of nitrogens with zero attached hydrogens (tertiary/aromatic N) is 2. The molecule has 0 radical (unpaired) electrons. The second kappa shape index (κ2) is 3.88. The molecule has 0 fully saturated rings. The van der Waals surface area contributed by atoms with E-state index in [0.29, 0.717) is 11.1 Å². The molecule has 0 N–H and O–H groups in total. The van der Waals surface area contributed by atoms with Crippen molar-refractivity contribution in [1.82, 2.24) is 10.2 Å². The number of aromatic nitrogens is 2. The van der Waals surface area contributed by atoms with Crippen LogP contribution in [0.15, 0.2) is 26.4 Å². The third kappa shape index (κ3) is 1.68. The minimum absolute atomic E-state index is 0.521. The van der Waals surface area contributed by atoms with E-state index in [9.17, 15) is 0 Å². The van der Waals surface area contributed by atoms with Gasteiger partial charge in [0.25, 0.3) is 11.1 Å². The lowest BCUT2D eigenvalue weighted by atomic mass is 10.3. The molecule has 0 aliphatic carbocycles. The quantitative estimate of drug-likeness (QED) is 0.729. The average Bonchev–Trinajstić information content (AvgIpc) is 2.74. The SMILES string of the molecule is CCSc1nnc(-c2ccoc2C)o1. The molecular weight excluding hydrogens is 200 g/mol. The van der Waals surface area contributed by atoms with Crippen molar-refractivity contribution in [2.75, 3.05) is 5.75 Å². The van der Waals surface area contributed by atoms with Crippen molar-refractivity contribution >= 4 is 11.8 Å². The molecule has 0 amide bonds. The topological polar surface area (TPSA) is 52.1 Å². The van der Waals surface area contributed by atoms with E-state index >= 15 is 0 Å². The zero-order valence-electron chi connectivity index (χ0n) is 7.98. The Morgan fingerprint density at radius 2 is 2.29 bits per heavy atom. The summed E-state index contributed by atoms with van der Waals surface area (Å²) in [6.45, 7) is 3.91. The first-order valence-corrected chi connectivity index (χ1v) is 5.30. The molecule has 2 aromatic rings. The van der Waals surface area contributed by atoms with E-state index in [1.54, 1.807) is 6.26 Å². The van der Waals surface area contributed by atoms with Gasteiger partial charge in [0.15, 0.2) is 0 Å². The number of furan rings is 1. The van der Waals surface area contributed by atoms with E-state index in [-0.39, 0.29) is 0 Å². The normalized spacial score (nSPS) is 10.7. The average molecular weight is 210 g/mol. The second-order valence-electron chi connectivity index (χ2n) is 2.70. The molecule has 5 heteroatoms. The molecule has 4 nitrogen and oxygen atoms in total. The van der Waals surface area contributed by atoms with Gasteiger partial charge in [0.05, 0.1) is 11.8 Å². The number of hydrogen-bond acceptors (Lipinski definition) is 5. The minimum Gasteiger partial charge on any atom is -0.469 e.